The molecule has 0 saturated heterocycles. The van der Waals surface area contributed by atoms with Gasteiger partial charge in [0.2, 0.25) is 5.82 Å². The Hall–Kier alpha value is -2.39. The second-order valence-corrected chi connectivity index (χ2v) is 4.12. The summed E-state index contributed by atoms with van der Waals surface area (Å²) in [6.07, 6.45) is -0.565. The topological polar surface area (TPSA) is 130 Å². The van der Waals surface area contributed by atoms with Gasteiger partial charge in [-0.1, -0.05) is 0 Å². The number of hydrogen-bond acceptors (Lipinski definition) is 6. The van der Waals surface area contributed by atoms with E-state index in [0.29, 0.717) is 0 Å². The lowest BCUT2D eigenvalue weighted by molar-refractivity contribution is -0.387. The predicted octanol–water partition coefficient (Wildman–Crippen LogP) is 0.342. The van der Waals surface area contributed by atoms with Crippen molar-refractivity contribution in [3.8, 4) is 0 Å². The number of aliphatic hydroxyl groups excluding tert-OH is 1. The summed E-state index contributed by atoms with van der Waals surface area (Å²) in [7, 11) is 0. The average Bonchev–Trinajstić information content (AvgIpc) is 2.42. The molecular weight excluding hydrogens is 287 g/mol. The van der Waals surface area contributed by atoms with Gasteiger partial charge in [-0.25, -0.2) is 0 Å². The highest BCUT2D eigenvalue weighted by Crippen LogP contribution is 2.20. The zero-order valence-corrected chi connectivity index (χ0v) is 10.8. The molecule has 1 unspecified atom stereocenters. The molecule has 9 heteroatoms. The molecule has 1 aromatic carbocycles. The van der Waals surface area contributed by atoms with Crippen molar-refractivity contribution in [1.82, 2.24) is 5.32 Å². The summed E-state index contributed by atoms with van der Waals surface area (Å²) in [5.41, 5.74) is -1.04. The third-order valence-electron chi connectivity index (χ3n) is 2.63. The number of aliphatic carboxylic acids is 1. The number of ketones is 1. The van der Waals surface area contributed by atoms with Crippen LogP contribution in [0, 0.1) is 15.9 Å². The third-order valence-corrected chi connectivity index (χ3v) is 2.63. The number of hydrogen-bond donors (Lipinski definition) is 3. The smallest absolute Gasteiger partial charge is 0.305 e. The fraction of sp³-hybridized carbons (Fsp3) is 0.333. The minimum atomic E-state index is -1.25. The van der Waals surface area contributed by atoms with E-state index >= 15 is 0 Å². The summed E-state index contributed by atoms with van der Waals surface area (Å²) < 4.78 is 13.2. The maximum Gasteiger partial charge on any atom is 0.305 e. The number of nitrogens with one attached hydrogen (secondary N) is 1. The molecule has 0 aliphatic heterocycles. The molecule has 0 radical (unpaired) electrons. The van der Waals surface area contributed by atoms with Gasteiger partial charge >= 0.3 is 11.7 Å². The lowest BCUT2D eigenvalue weighted by atomic mass is 10.0. The van der Waals surface area contributed by atoms with Crippen molar-refractivity contribution >= 4 is 17.4 Å². The van der Waals surface area contributed by atoms with Crippen molar-refractivity contribution in [2.75, 3.05) is 13.2 Å². The first-order valence-electron chi connectivity index (χ1n) is 5.91. The van der Waals surface area contributed by atoms with Gasteiger partial charge in [-0.15, -0.1) is 0 Å². The van der Waals surface area contributed by atoms with Gasteiger partial charge in [-0.3, -0.25) is 19.7 Å². The van der Waals surface area contributed by atoms with Crippen LogP contribution in [-0.2, 0) is 4.79 Å². The summed E-state index contributed by atoms with van der Waals surface area (Å²) in [5.74, 6) is -3.07. The minimum Gasteiger partial charge on any atom is -0.481 e. The van der Waals surface area contributed by atoms with Crippen LogP contribution in [0.4, 0.5) is 10.1 Å². The molecule has 3 N–H and O–H groups in total. The number of nitrogens with zero attached hydrogens (tertiary/aromatic N) is 1. The third kappa shape index (κ3) is 4.58. The largest absolute Gasteiger partial charge is 0.481 e. The molecule has 0 aliphatic rings. The van der Waals surface area contributed by atoms with Crippen molar-refractivity contribution in [3.63, 3.8) is 0 Å². The molecular formula is C12H13FN2O6. The Morgan fingerprint density at radius 3 is 2.62 bits per heavy atom. The number of nitro groups is 1. The zero-order valence-electron chi connectivity index (χ0n) is 10.8. The quantitative estimate of drug-likeness (QED) is 0.358. The molecule has 21 heavy (non-hydrogen) atoms. The van der Waals surface area contributed by atoms with E-state index in [1.165, 1.54) is 0 Å². The van der Waals surface area contributed by atoms with Crippen LogP contribution in [0.5, 0.6) is 0 Å². The summed E-state index contributed by atoms with van der Waals surface area (Å²) in [6.45, 7) is -0.333. The van der Waals surface area contributed by atoms with Gasteiger partial charge in [0.25, 0.3) is 0 Å². The molecule has 1 atom stereocenters. The molecule has 0 aromatic heterocycles. The average molecular weight is 300 g/mol. The second kappa shape index (κ2) is 7.41. The molecule has 8 nitrogen and oxygen atoms in total. The van der Waals surface area contributed by atoms with E-state index in [2.05, 4.69) is 5.32 Å². The predicted molar refractivity (Wildman–Crippen MR) is 68.5 cm³/mol. The number of carbonyl (C=O) groups excluding carboxylic acids is 1. The Morgan fingerprint density at radius 2 is 2.10 bits per heavy atom. The van der Waals surface area contributed by atoms with Crippen LogP contribution >= 0.6 is 0 Å². The van der Waals surface area contributed by atoms with Crippen LogP contribution in [0.15, 0.2) is 18.2 Å². The number of carboxylic acids is 1. The molecule has 1 aromatic rings. The van der Waals surface area contributed by atoms with Crippen molar-refractivity contribution in [3.05, 3.63) is 39.7 Å². The van der Waals surface area contributed by atoms with E-state index in [1.54, 1.807) is 0 Å². The number of halogens is 1. The number of carbonyl (C=O) groups is 2. The van der Waals surface area contributed by atoms with E-state index < -0.39 is 40.6 Å². The van der Waals surface area contributed by atoms with Crippen molar-refractivity contribution in [1.29, 1.82) is 0 Å². The highest BCUT2D eigenvalue weighted by atomic mass is 19.1. The first-order chi connectivity index (χ1) is 9.86. The van der Waals surface area contributed by atoms with Gasteiger partial charge in [0.1, 0.15) is 0 Å². The Morgan fingerprint density at radius 1 is 1.43 bits per heavy atom. The summed E-state index contributed by atoms with van der Waals surface area (Å²) in [4.78, 5) is 32.5. The number of nitro benzene ring substituents is 1. The van der Waals surface area contributed by atoms with E-state index in [4.69, 9.17) is 10.2 Å². The maximum absolute atomic E-state index is 13.2. The van der Waals surface area contributed by atoms with Crippen molar-refractivity contribution in [2.24, 2.45) is 0 Å². The minimum absolute atomic E-state index is 0.0209. The number of benzene rings is 1. The Labute approximate surface area is 118 Å². The lowest BCUT2D eigenvalue weighted by Gasteiger charge is -2.15. The first-order valence-corrected chi connectivity index (χ1v) is 5.91. The molecule has 114 valence electrons. The fourth-order valence-corrected chi connectivity index (χ4v) is 1.68. The standard InChI is InChI=1S/C12H13FN2O6/c13-8-2-1-7(5-10(8)15(20)21)12(19)9(6-11(17)18)14-3-4-16/h1-2,5,9,14,16H,3-4,6H2,(H,17,18). The Kier molecular flexibility index (Phi) is 5.88. The van der Waals surface area contributed by atoms with Crippen LogP contribution < -0.4 is 5.32 Å². The SMILES string of the molecule is O=C(O)CC(NCCO)C(=O)c1ccc(F)c([N+](=O)[O-])c1. The van der Waals surface area contributed by atoms with E-state index in [0.717, 1.165) is 18.2 Å². The van der Waals surface area contributed by atoms with Crippen molar-refractivity contribution < 1.29 is 29.1 Å². The number of carboxylic acid groups (broad SMARTS) is 1. The van der Waals surface area contributed by atoms with Crippen LogP contribution in [0.25, 0.3) is 0 Å². The van der Waals surface area contributed by atoms with E-state index in [1.807, 2.05) is 0 Å². The Bertz CT molecular complexity index is 563. The summed E-state index contributed by atoms with van der Waals surface area (Å²) in [5, 5.41) is 30.6. The van der Waals surface area contributed by atoms with Crippen LogP contribution in [0.3, 0.4) is 0 Å². The number of rotatable bonds is 8. The number of Topliss-reactive ketones (excluding diaryl/α,β-unsaturated/α-hetero) is 1. The molecule has 0 amide bonds. The molecule has 0 bridgehead atoms. The highest BCUT2D eigenvalue weighted by Gasteiger charge is 2.25. The van der Waals surface area contributed by atoms with Gasteiger partial charge in [-0.05, 0) is 12.1 Å². The van der Waals surface area contributed by atoms with Gasteiger partial charge in [0, 0.05) is 18.2 Å². The van der Waals surface area contributed by atoms with Gasteiger partial charge in [0.05, 0.1) is 24.0 Å². The second-order valence-electron chi connectivity index (χ2n) is 4.12. The van der Waals surface area contributed by atoms with Gasteiger partial charge < -0.3 is 15.5 Å². The maximum atomic E-state index is 13.2. The lowest BCUT2D eigenvalue weighted by Crippen LogP contribution is -2.40. The van der Waals surface area contributed by atoms with Gasteiger partial charge in [-0.2, -0.15) is 4.39 Å². The van der Waals surface area contributed by atoms with Crippen LogP contribution in [0.2, 0.25) is 0 Å². The summed E-state index contributed by atoms with van der Waals surface area (Å²) in [6, 6.07) is 1.41. The van der Waals surface area contributed by atoms with Gasteiger partial charge in [0.15, 0.2) is 5.78 Å². The highest BCUT2D eigenvalue weighted by molar-refractivity contribution is 6.02. The Balaban J connectivity index is 3.05. The first kappa shape index (κ1) is 16.7. The summed E-state index contributed by atoms with van der Waals surface area (Å²) >= 11 is 0. The monoisotopic (exact) mass is 300 g/mol. The molecule has 0 heterocycles. The molecule has 0 saturated carbocycles. The molecule has 0 fully saturated rings. The molecule has 1 rings (SSSR count). The molecule has 0 spiro atoms. The van der Waals surface area contributed by atoms with Crippen LogP contribution in [0.1, 0.15) is 16.8 Å². The van der Waals surface area contributed by atoms with E-state index in [-0.39, 0.29) is 18.7 Å². The van der Waals surface area contributed by atoms with Crippen molar-refractivity contribution in [2.45, 2.75) is 12.5 Å². The number of aliphatic hydroxyl groups is 1. The van der Waals surface area contributed by atoms with Crippen LogP contribution in [-0.4, -0.2) is 46.1 Å². The fourth-order valence-electron chi connectivity index (χ4n) is 1.68. The molecule has 0 aliphatic carbocycles. The normalized spacial score (nSPS) is 11.9. The zero-order chi connectivity index (χ0) is 16.0. The van der Waals surface area contributed by atoms with E-state index in [9.17, 15) is 24.1 Å².